The monoisotopic (exact) mass is 403 g/mol. The van der Waals surface area contributed by atoms with Crippen molar-refractivity contribution in [2.75, 3.05) is 26.2 Å². The third-order valence-corrected chi connectivity index (χ3v) is 6.38. The number of aromatic nitrogens is 3. The van der Waals surface area contributed by atoms with Gasteiger partial charge in [-0.05, 0) is 31.9 Å². The summed E-state index contributed by atoms with van der Waals surface area (Å²) in [5, 5.41) is 9.23. The molecule has 28 heavy (non-hydrogen) atoms. The number of carbonyl (C=O) groups is 2. The number of furan rings is 1. The van der Waals surface area contributed by atoms with Crippen LogP contribution in [0.1, 0.15) is 42.6 Å². The number of rotatable bonds is 4. The van der Waals surface area contributed by atoms with E-state index in [1.165, 1.54) is 24.4 Å². The predicted molar refractivity (Wildman–Crippen MR) is 104 cm³/mol. The van der Waals surface area contributed by atoms with Crippen LogP contribution in [0, 0.1) is 0 Å². The molecule has 0 aromatic carbocycles. The normalized spacial score (nSPS) is 18.5. The maximum Gasteiger partial charge on any atom is 0.289 e. The molecule has 150 valence electrons. The molecule has 2 aliphatic heterocycles. The van der Waals surface area contributed by atoms with Crippen LogP contribution >= 0.6 is 11.8 Å². The molecule has 0 bridgehead atoms. The summed E-state index contributed by atoms with van der Waals surface area (Å²) >= 11 is 1.48. The molecular weight excluding hydrogens is 378 g/mol. The Morgan fingerprint density at radius 1 is 1.07 bits per heavy atom. The number of nitrogens with zero attached hydrogens (tertiary/aromatic N) is 5. The van der Waals surface area contributed by atoms with Gasteiger partial charge in [0.2, 0.25) is 5.91 Å². The molecule has 2 aromatic heterocycles. The summed E-state index contributed by atoms with van der Waals surface area (Å²) in [6.45, 7) is 4.96. The molecule has 0 N–H and O–H groups in total. The molecule has 0 unspecified atom stereocenters. The van der Waals surface area contributed by atoms with Crippen molar-refractivity contribution < 1.29 is 14.0 Å². The van der Waals surface area contributed by atoms with Crippen LogP contribution in [0.4, 0.5) is 0 Å². The molecule has 1 saturated heterocycles. The van der Waals surface area contributed by atoms with Crippen LogP contribution < -0.4 is 0 Å². The lowest BCUT2D eigenvalue weighted by Gasteiger charge is -2.35. The molecule has 2 amide bonds. The Morgan fingerprint density at radius 2 is 1.86 bits per heavy atom. The van der Waals surface area contributed by atoms with E-state index in [1.54, 1.807) is 17.0 Å². The van der Waals surface area contributed by atoms with Crippen molar-refractivity contribution in [2.24, 2.45) is 0 Å². The van der Waals surface area contributed by atoms with Crippen LogP contribution in [0.15, 0.2) is 28.0 Å². The summed E-state index contributed by atoms with van der Waals surface area (Å²) in [4.78, 5) is 28.8. The number of amides is 2. The van der Waals surface area contributed by atoms with Crippen LogP contribution in [0.3, 0.4) is 0 Å². The minimum absolute atomic E-state index is 0.0843. The lowest BCUT2D eigenvalue weighted by Crippen LogP contribution is -2.52. The number of fused-ring (bicyclic) bond motifs is 1. The van der Waals surface area contributed by atoms with Gasteiger partial charge in [-0.25, -0.2) is 0 Å². The first-order valence-electron chi connectivity index (χ1n) is 9.84. The lowest BCUT2D eigenvalue weighted by atomic mass is 10.2. The first kappa shape index (κ1) is 19.0. The van der Waals surface area contributed by atoms with Gasteiger partial charge in [-0.3, -0.25) is 9.59 Å². The zero-order valence-electron chi connectivity index (χ0n) is 16.0. The Kier molecular flexibility index (Phi) is 5.70. The van der Waals surface area contributed by atoms with Crippen molar-refractivity contribution in [1.29, 1.82) is 0 Å². The van der Waals surface area contributed by atoms with Gasteiger partial charge in [-0.15, -0.1) is 10.2 Å². The SMILES string of the molecule is C[C@H](Sc1nnc2n1CCCCC2)C(=O)N1CCN(C(=O)c2ccco2)CC1. The molecule has 1 fully saturated rings. The Hall–Kier alpha value is -2.29. The van der Waals surface area contributed by atoms with Crippen molar-refractivity contribution in [3.8, 4) is 0 Å². The van der Waals surface area contributed by atoms with Gasteiger partial charge in [0.05, 0.1) is 11.5 Å². The predicted octanol–water partition coefficient (Wildman–Crippen LogP) is 2.06. The molecule has 9 heteroatoms. The Bertz CT molecular complexity index is 827. The molecule has 4 rings (SSSR count). The fraction of sp³-hybridized carbons (Fsp3) is 0.579. The van der Waals surface area contributed by atoms with E-state index in [9.17, 15) is 9.59 Å². The Morgan fingerprint density at radius 3 is 2.61 bits per heavy atom. The molecule has 0 aliphatic carbocycles. The first-order valence-corrected chi connectivity index (χ1v) is 10.7. The minimum Gasteiger partial charge on any atom is -0.459 e. The van der Waals surface area contributed by atoms with E-state index in [0.29, 0.717) is 31.9 Å². The van der Waals surface area contributed by atoms with Crippen LogP contribution in [-0.4, -0.2) is 67.8 Å². The fourth-order valence-electron chi connectivity index (χ4n) is 3.70. The summed E-state index contributed by atoms with van der Waals surface area (Å²) < 4.78 is 7.35. The number of aryl methyl sites for hydroxylation is 1. The van der Waals surface area contributed by atoms with Gasteiger partial charge >= 0.3 is 0 Å². The number of hydrogen-bond acceptors (Lipinski definition) is 6. The molecule has 2 aromatic rings. The summed E-state index contributed by atoms with van der Waals surface area (Å²) in [6, 6.07) is 3.37. The van der Waals surface area contributed by atoms with Crippen molar-refractivity contribution in [3.05, 3.63) is 30.0 Å². The van der Waals surface area contributed by atoms with E-state index in [4.69, 9.17) is 4.42 Å². The standard InChI is InChI=1S/C19H25N5O3S/c1-14(28-19-21-20-16-7-3-2-4-8-24(16)19)17(25)22-9-11-23(12-10-22)18(26)15-6-5-13-27-15/h5-6,13-14H,2-4,7-12H2,1H3/t14-/m0/s1. The average Bonchev–Trinajstić information content (AvgIpc) is 3.32. The van der Waals surface area contributed by atoms with Crippen LogP contribution in [0.2, 0.25) is 0 Å². The van der Waals surface area contributed by atoms with E-state index in [1.807, 2.05) is 11.8 Å². The highest BCUT2D eigenvalue weighted by molar-refractivity contribution is 8.00. The maximum absolute atomic E-state index is 12.9. The fourth-order valence-corrected chi connectivity index (χ4v) is 4.68. The number of carbonyl (C=O) groups excluding carboxylic acids is 2. The van der Waals surface area contributed by atoms with Crippen molar-refractivity contribution in [1.82, 2.24) is 24.6 Å². The molecule has 1 atom stereocenters. The van der Waals surface area contributed by atoms with Gasteiger partial charge in [0.15, 0.2) is 10.9 Å². The third kappa shape index (κ3) is 3.94. The van der Waals surface area contributed by atoms with Gasteiger partial charge in [0.1, 0.15) is 5.82 Å². The van der Waals surface area contributed by atoms with Gasteiger partial charge in [-0.1, -0.05) is 18.2 Å². The topological polar surface area (TPSA) is 84.5 Å². The number of piperazine rings is 1. The van der Waals surface area contributed by atoms with Crippen molar-refractivity contribution in [2.45, 2.75) is 49.6 Å². The van der Waals surface area contributed by atoms with E-state index < -0.39 is 0 Å². The minimum atomic E-state index is -0.233. The van der Waals surface area contributed by atoms with Gasteiger partial charge in [0.25, 0.3) is 5.91 Å². The summed E-state index contributed by atoms with van der Waals surface area (Å²) in [5.41, 5.74) is 0. The second kappa shape index (κ2) is 8.38. The van der Waals surface area contributed by atoms with E-state index in [2.05, 4.69) is 14.8 Å². The molecule has 0 radical (unpaired) electrons. The summed E-state index contributed by atoms with van der Waals surface area (Å²) in [5.74, 6) is 1.34. The molecule has 0 saturated carbocycles. The highest BCUT2D eigenvalue weighted by Gasteiger charge is 2.29. The highest BCUT2D eigenvalue weighted by atomic mass is 32.2. The molecule has 0 spiro atoms. The third-order valence-electron chi connectivity index (χ3n) is 5.32. The second-order valence-electron chi connectivity index (χ2n) is 7.22. The average molecular weight is 404 g/mol. The number of thioether (sulfide) groups is 1. The van der Waals surface area contributed by atoms with Crippen LogP contribution in [0.5, 0.6) is 0 Å². The Balaban J connectivity index is 1.33. The van der Waals surface area contributed by atoms with E-state index >= 15 is 0 Å². The number of hydrogen-bond donors (Lipinski definition) is 0. The molecule has 4 heterocycles. The zero-order chi connectivity index (χ0) is 19.5. The highest BCUT2D eigenvalue weighted by Crippen LogP contribution is 2.26. The first-order chi connectivity index (χ1) is 13.6. The molecule has 8 nitrogen and oxygen atoms in total. The molecule has 2 aliphatic rings. The van der Waals surface area contributed by atoms with E-state index in [0.717, 1.165) is 36.8 Å². The maximum atomic E-state index is 12.9. The van der Waals surface area contributed by atoms with Crippen molar-refractivity contribution >= 4 is 23.6 Å². The zero-order valence-corrected chi connectivity index (χ0v) is 16.9. The second-order valence-corrected chi connectivity index (χ2v) is 8.52. The van der Waals surface area contributed by atoms with Crippen LogP contribution in [0.25, 0.3) is 0 Å². The van der Waals surface area contributed by atoms with Gasteiger partial charge < -0.3 is 18.8 Å². The van der Waals surface area contributed by atoms with Gasteiger partial charge in [0, 0.05) is 39.1 Å². The lowest BCUT2D eigenvalue weighted by molar-refractivity contribution is -0.131. The van der Waals surface area contributed by atoms with Crippen LogP contribution in [-0.2, 0) is 17.8 Å². The molecular formula is C19H25N5O3S. The van der Waals surface area contributed by atoms with Gasteiger partial charge in [-0.2, -0.15) is 0 Å². The largest absolute Gasteiger partial charge is 0.459 e. The Labute approximate surface area is 168 Å². The smallest absolute Gasteiger partial charge is 0.289 e. The van der Waals surface area contributed by atoms with E-state index in [-0.39, 0.29) is 17.1 Å². The van der Waals surface area contributed by atoms with Crippen molar-refractivity contribution in [3.63, 3.8) is 0 Å². The summed E-state index contributed by atoms with van der Waals surface area (Å²) in [6.07, 6.45) is 5.95. The quantitative estimate of drug-likeness (QED) is 0.727. The summed E-state index contributed by atoms with van der Waals surface area (Å²) in [7, 11) is 0.